The summed E-state index contributed by atoms with van der Waals surface area (Å²) >= 11 is 0. The number of rotatable bonds is 4. The van der Waals surface area contributed by atoms with Gasteiger partial charge in [-0.25, -0.2) is 0 Å². The van der Waals surface area contributed by atoms with Crippen LogP contribution in [-0.2, 0) is 4.74 Å². The van der Waals surface area contributed by atoms with Gasteiger partial charge in [0.25, 0.3) is 0 Å². The molecule has 0 unspecified atom stereocenters. The molecule has 0 N–H and O–H groups in total. The molecule has 0 fully saturated rings. The average Bonchev–Trinajstić information content (AvgIpc) is 2.31. The van der Waals surface area contributed by atoms with Gasteiger partial charge in [0, 0.05) is 5.56 Å². The third-order valence-electron chi connectivity index (χ3n) is 2.04. The minimum absolute atomic E-state index is 0.120. The highest BCUT2D eigenvalue weighted by Gasteiger charge is 1.97. The second-order valence-electron chi connectivity index (χ2n) is 3.16. The Morgan fingerprint density at radius 2 is 2.13 bits per heavy atom. The molecule has 0 aliphatic heterocycles. The summed E-state index contributed by atoms with van der Waals surface area (Å²) in [7, 11) is 0. The van der Waals surface area contributed by atoms with Gasteiger partial charge >= 0.3 is 0 Å². The topological polar surface area (TPSA) is 9.23 Å². The zero-order valence-electron chi connectivity index (χ0n) is 9.07. The third-order valence-corrected chi connectivity index (χ3v) is 2.04. The molecule has 0 amide bonds. The van der Waals surface area contributed by atoms with Gasteiger partial charge in [0.15, 0.2) is 0 Å². The molecule has 0 aliphatic rings. The predicted octanol–water partition coefficient (Wildman–Crippen LogP) is 3.02. The minimum atomic E-state index is 0.120. The van der Waals surface area contributed by atoms with Crippen LogP contribution in [0.3, 0.4) is 0 Å². The lowest BCUT2D eigenvalue weighted by atomic mass is 10.2. The van der Waals surface area contributed by atoms with E-state index < -0.39 is 0 Å². The van der Waals surface area contributed by atoms with Crippen molar-refractivity contribution in [3.63, 3.8) is 0 Å². The van der Waals surface area contributed by atoms with Crippen LogP contribution in [0, 0.1) is 11.8 Å². The maximum atomic E-state index is 5.47. The van der Waals surface area contributed by atoms with Gasteiger partial charge in [-0.05, 0) is 18.6 Å². The lowest BCUT2D eigenvalue weighted by Gasteiger charge is -2.07. The summed E-state index contributed by atoms with van der Waals surface area (Å²) in [5.74, 6) is 6.02. The zero-order chi connectivity index (χ0) is 10.9. The molecule has 1 aromatic rings. The van der Waals surface area contributed by atoms with Gasteiger partial charge < -0.3 is 4.74 Å². The molecular formula is C14H16O. The van der Waals surface area contributed by atoms with Gasteiger partial charge in [-0.1, -0.05) is 43.0 Å². The van der Waals surface area contributed by atoms with Gasteiger partial charge in [0.1, 0.15) is 6.61 Å². The van der Waals surface area contributed by atoms with Crippen molar-refractivity contribution in [2.24, 2.45) is 0 Å². The van der Waals surface area contributed by atoms with Crippen LogP contribution in [-0.4, -0.2) is 12.7 Å². The van der Waals surface area contributed by atoms with Gasteiger partial charge in [0.05, 0.1) is 6.10 Å². The van der Waals surface area contributed by atoms with E-state index in [0.717, 1.165) is 12.0 Å². The maximum Gasteiger partial charge on any atom is 0.108 e. The molecule has 0 bridgehead atoms. The van der Waals surface area contributed by atoms with Crippen LogP contribution in [0.4, 0.5) is 0 Å². The second kappa shape index (κ2) is 6.86. The van der Waals surface area contributed by atoms with E-state index in [0.29, 0.717) is 6.61 Å². The first-order valence-electron chi connectivity index (χ1n) is 5.15. The maximum absolute atomic E-state index is 5.47. The fourth-order valence-corrected chi connectivity index (χ4v) is 1.16. The van der Waals surface area contributed by atoms with Crippen LogP contribution in [0.5, 0.6) is 0 Å². The van der Waals surface area contributed by atoms with Crippen LogP contribution in [0.15, 0.2) is 43.0 Å². The first-order chi connectivity index (χ1) is 7.36. The fourth-order valence-electron chi connectivity index (χ4n) is 1.16. The quantitative estimate of drug-likeness (QED) is 0.536. The second-order valence-corrected chi connectivity index (χ2v) is 3.16. The lowest BCUT2D eigenvalue weighted by Crippen LogP contribution is -2.07. The molecule has 1 heteroatoms. The smallest absolute Gasteiger partial charge is 0.108 e. The monoisotopic (exact) mass is 200 g/mol. The molecule has 15 heavy (non-hydrogen) atoms. The van der Waals surface area contributed by atoms with Crippen LogP contribution < -0.4 is 0 Å². The summed E-state index contributed by atoms with van der Waals surface area (Å²) < 4.78 is 5.47. The Morgan fingerprint density at radius 3 is 2.73 bits per heavy atom. The summed E-state index contributed by atoms with van der Waals surface area (Å²) in [5.41, 5.74) is 1.02. The number of hydrogen-bond acceptors (Lipinski definition) is 1. The predicted molar refractivity (Wildman–Crippen MR) is 63.5 cm³/mol. The zero-order valence-corrected chi connectivity index (χ0v) is 9.07. The molecule has 1 atom stereocenters. The number of hydrogen-bond donors (Lipinski definition) is 0. The van der Waals surface area contributed by atoms with Crippen LogP contribution in [0.1, 0.15) is 18.9 Å². The van der Waals surface area contributed by atoms with Crippen LogP contribution in [0.25, 0.3) is 0 Å². The van der Waals surface area contributed by atoms with E-state index in [9.17, 15) is 0 Å². The molecule has 0 radical (unpaired) electrons. The third kappa shape index (κ3) is 4.49. The number of benzene rings is 1. The molecular weight excluding hydrogens is 184 g/mol. The summed E-state index contributed by atoms with van der Waals surface area (Å²) in [4.78, 5) is 0. The lowest BCUT2D eigenvalue weighted by molar-refractivity contribution is 0.111. The molecule has 0 aromatic heterocycles. The van der Waals surface area contributed by atoms with E-state index in [2.05, 4.69) is 25.3 Å². The van der Waals surface area contributed by atoms with E-state index in [-0.39, 0.29) is 6.10 Å². The van der Waals surface area contributed by atoms with Gasteiger partial charge in [-0.2, -0.15) is 0 Å². The average molecular weight is 200 g/mol. The first-order valence-corrected chi connectivity index (χ1v) is 5.15. The Balaban J connectivity index is 2.37. The Bertz CT molecular complexity index is 343. The van der Waals surface area contributed by atoms with Crippen molar-refractivity contribution >= 4 is 0 Å². The normalized spacial score (nSPS) is 11.3. The molecule has 0 aliphatic carbocycles. The molecule has 0 spiro atoms. The van der Waals surface area contributed by atoms with Crippen LogP contribution in [0.2, 0.25) is 0 Å². The summed E-state index contributed by atoms with van der Waals surface area (Å²) in [5, 5.41) is 0. The van der Waals surface area contributed by atoms with Gasteiger partial charge in [-0.3, -0.25) is 0 Å². The Labute approximate surface area is 91.8 Å². The van der Waals surface area contributed by atoms with Crippen molar-refractivity contribution < 1.29 is 4.74 Å². The summed E-state index contributed by atoms with van der Waals surface area (Å²) in [6.07, 6.45) is 2.87. The highest BCUT2D eigenvalue weighted by molar-refractivity contribution is 5.33. The largest absolute Gasteiger partial charge is 0.362 e. The van der Waals surface area contributed by atoms with Gasteiger partial charge in [-0.15, -0.1) is 6.58 Å². The molecule has 1 aromatic carbocycles. The van der Waals surface area contributed by atoms with E-state index in [1.165, 1.54) is 0 Å². The summed E-state index contributed by atoms with van der Waals surface area (Å²) in [6, 6.07) is 9.90. The van der Waals surface area contributed by atoms with E-state index >= 15 is 0 Å². The standard InChI is InChI=1S/C14H16O/c1-3-14(4-2)15-12-8-11-13-9-6-5-7-10-13/h3,5-7,9-10,14H,1,4,12H2,2H3/t14-/m0/s1. The van der Waals surface area contributed by atoms with Crippen molar-refractivity contribution in [1.82, 2.24) is 0 Å². The van der Waals surface area contributed by atoms with E-state index in [1.807, 2.05) is 36.4 Å². The van der Waals surface area contributed by atoms with Crippen molar-refractivity contribution in [2.45, 2.75) is 19.4 Å². The Morgan fingerprint density at radius 1 is 1.40 bits per heavy atom. The van der Waals surface area contributed by atoms with Gasteiger partial charge in [0.2, 0.25) is 0 Å². The molecule has 0 saturated heterocycles. The Hall–Kier alpha value is -1.52. The molecule has 1 rings (SSSR count). The van der Waals surface area contributed by atoms with Crippen molar-refractivity contribution in [2.75, 3.05) is 6.61 Å². The molecule has 78 valence electrons. The van der Waals surface area contributed by atoms with E-state index in [4.69, 9.17) is 4.74 Å². The van der Waals surface area contributed by atoms with Crippen molar-refractivity contribution in [3.05, 3.63) is 48.6 Å². The Kier molecular flexibility index (Phi) is 5.29. The highest BCUT2D eigenvalue weighted by atomic mass is 16.5. The van der Waals surface area contributed by atoms with Crippen LogP contribution >= 0.6 is 0 Å². The molecule has 0 heterocycles. The number of ether oxygens (including phenoxy) is 1. The minimum Gasteiger partial charge on any atom is -0.362 e. The molecule has 1 nitrogen and oxygen atoms in total. The SMILES string of the molecule is C=C[C@@H](CC)OCC#Cc1ccccc1. The van der Waals surface area contributed by atoms with E-state index in [1.54, 1.807) is 0 Å². The highest BCUT2D eigenvalue weighted by Crippen LogP contribution is 1.98. The first kappa shape index (κ1) is 11.6. The van der Waals surface area contributed by atoms with Crippen molar-refractivity contribution in [1.29, 1.82) is 0 Å². The van der Waals surface area contributed by atoms with Crippen molar-refractivity contribution in [3.8, 4) is 11.8 Å². The summed E-state index contributed by atoms with van der Waals surface area (Å²) in [6.45, 7) is 6.22. The fraction of sp³-hybridized carbons (Fsp3) is 0.286. The molecule has 0 saturated carbocycles.